The first-order valence-corrected chi connectivity index (χ1v) is 7.03. The van der Waals surface area contributed by atoms with Gasteiger partial charge in [-0.1, -0.05) is 11.6 Å². The number of nitrogens with one attached hydrogen (secondary N) is 1. The number of carbonyl (C=O) groups excluding carboxylic acids is 1. The van der Waals surface area contributed by atoms with Gasteiger partial charge < -0.3 is 14.6 Å². The first kappa shape index (κ1) is 15.4. The van der Waals surface area contributed by atoms with Crippen molar-refractivity contribution < 1.29 is 9.53 Å². The van der Waals surface area contributed by atoms with Crippen LogP contribution < -0.4 is 5.32 Å². The number of benzene rings is 1. The molecule has 1 aromatic heterocycles. The van der Waals surface area contributed by atoms with Gasteiger partial charge in [0, 0.05) is 22.9 Å². The molecule has 0 aliphatic carbocycles. The molecule has 112 valence electrons. The molecule has 0 saturated heterocycles. The normalized spacial score (nSPS) is 10.7. The first-order valence-electron chi connectivity index (χ1n) is 6.65. The minimum atomic E-state index is -0.419. The number of hydrogen-bond donors (Lipinski definition) is 1. The van der Waals surface area contributed by atoms with E-state index in [4.69, 9.17) is 16.3 Å². The molecule has 5 nitrogen and oxygen atoms in total. The third-order valence-electron chi connectivity index (χ3n) is 3.15. The van der Waals surface area contributed by atoms with Crippen molar-refractivity contribution in [2.75, 3.05) is 12.4 Å². The van der Waals surface area contributed by atoms with Gasteiger partial charge in [-0.05, 0) is 32.0 Å². The van der Waals surface area contributed by atoms with Gasteiger partial charge in [-0.15, -0.1) is 0 Å². The van der Waals surface area contributed by atoms with Gasteiger partial charge in [0.25, 0.3) is 0 Å². The van der Waals surface area contributed by atoms with Crippen LogP contribution in [0.25, 0.3) is 0 Å². The second-order valence-electron chi connectivity index (χ2n) is 4.92. The Kier molecular flexibility index (Phi) is 4.85. The lowest BCUT2D eigenvalue weighted by Gasteiger charge is -2.14. The largest absolute Gasteiger partial charge is 0.465 e. The Morgan fingerprint density at radius 1 is 1.48 bits per heavy atom. The quantitative estimate of drug-likeness (QED) is 0.859. The molecule has 1 heterocycles. The number of ether oxygens (including phenoxy) is 1. The van der Waals surface area contributed by atoms with E-state index in [1.165, 1.54) is 7.11 Å². The van der Waals surface area contributed by atoms with Crippen LogP contribution in [0.4, 0.5) is 5.69 Å². The van der Waals surface area contributed by atoms with E-state index in [-0.39, 0.29) is 0 Å². The fourth-order valence-corrected chi connectivity index (χ4v) is 2.24. The van der Waals surface area contributed by atoms with Crippen molar-refractivity contribution in [1.29, 1.82) is 0 Å². The molecule has 1 aromatic carbocycles. The Labute approximate surface area is 128 Å². The summed E-state index contributed by atoms with van der Waals surface area (Å²) in [6, 6.07) is 5.42. The van der Waals surface area contributed by atoms with Crippen LogP contribution in [0.15, 0.2) is 30.7 Å². The Balaban J connectivity index is 2.20. The molecule has 0 radical (unpaired) electrons. The topological polar surface area (TPSA) is 56.1 Å². The fourth-order valence-electron chi connectivity index (χ4n) is 2.07. The predicted octanol–water partition coefficient (Wildman–Crippen LogP) is 3.52. The van der Waals surface area contributed by atoms with Crippen LogP contribution in [0.2, 0.25) is 5.02 Å². The molecule has 0 atom stereocenters. The highest BCUT2D eigenvalue weighted by molar-refractivity contribution is 6.31. The van der Waals surface area contributed by atoms with Gasteiger partial charge in [-0.25, -0.2) is 9.78 Å². The minimum Gasteiger partial charge on any atom is -0.465 e. The van der Waals surface area contributed by atoms with Crippen LogP contribution in [0.5, 0.6) is 0 Å². The van der Waals surface area contributed by atoms with Gasteiger partial charge in [0.1, 0.15) is 0 Å². The van der Waals surface area contributed by atoms with Gasteiger partial charge in [0.2, 0.25) is 0 Å². The van der Waals surface area contributed by atoms with Gasteiger partial charge in [0.15, 0.2) is 0 Å². The van der Waals surface area contributed by atoms with Crippen LogP contribution >= 0.6 is 11.6 Å². The molecule has 2 aromatic rings. The van der Waals surface area contributed by atoms with E-state index in [1.807, 2.05) is 0 Å². The Morgan fingerprint density at radius 3 is 2.90 bits per heavy atom. The highest BCUT2D eigenvalue weighted by Gasteiger charge is 2.13. The summed E-state index contributed by atoms with van der Waals surface area (Å²) < 4.78 is 6.85. The van der Waals surface area contributed by atoms with Crippen LogP contribution in [-0.2, 0) is 11.3 Å². The molecule has 2 rings (SSSR count). The van der Waals surface area contributed by atoms with Crippen molar-refractivity contribution in [1.82, 2.24) is 9.55 Å². The average molecular weight is 308 g/mol. The van der Waals surface area contributed by atoms with E-state index in [0.717, 1.165) is 5.69 Å². The third kappa shape index (κ3) is 3.55. The second kappa shape index (κ2) is 6.63. The molecule has 0 spiro atoms. The van der Waals surface area contributed by atoms with E-state index in [2.05, 4.69) is 28.7 Å². The SMILES string of the molecule is COC(=O)c1cc(Cl)ccc1NCc1cncn1C(C)C. The third-order valence-corrected chi connectivity index (χ3v) is 3.38. The zero-order chi connectivity index (χ0) is 15.4. The number of carbonyl (C=O) groups is 1. The minimum absolute atomic E-state index is 0.328. The summed E-state index contributed by atoms with van der Waals surface area (Å²) in [4.78, 5) is 15.9. The molecule has 0 saturated carbocycles. The van der Waals surface area contributed by atoms with Crippen LogP contribution in [0.3, 0.4) is 0 Å². The number of nitrogens with zero attached hydrogens (tertiary/aromatic N) is 2. The van der Waals surface area contributed by atoms with Crippen LogP contribution in [0.1, 0.15) is 35.9 Å². The van der Waals surface area contributed by atoms with Gasteiger partial charge in [-0.2, -0.15) is 0 Å². The zero-order valence-corrected chi connectivity index (χ0v) is 13.0. The van der Waals surface area contributed by atoms with Crippen molar-refractivity contribution >= 4 is 23.3 Å². The maximum absolute atomic E-state index is 11.8. The van der Waals surface area contributed by atoms with Crippen molar-refractivity contribution in [2.45, 2.75) is 26.4 Å². The molecule has 0 bridgehead atoms. The van der Waals surface area contributed by atoms with E-state index < -0.39 is 5.97 Å². The molecule has 0 aliphatic heterocycles. The molecule has 0 aliphatic rings. The lowest BCUT2D eigenvalue weighted by atomic mass is 10.1. The second-order valence-corrected chi connectivity index (χ2v) is 5.36. The highest BCUT2D eigenvalue weighted by Crippen LogP contribution is 2.22. The standard InChI is InChI=1S/C15H18ClN3O2/c1-10(2)19-9-17-7-12(19)8-18-14-5-4-11(16)6-13(14)15(20)21-3/h4-7,9-10,18H,8H2,1-3H3. The number of halogens is 1. The molecule has 6 heteroatoms. The first-order chi connectivity index (χ1) is 10.0. The van der Waals surface area contributed by atoms with E-state index >= 15 is 0 Å². The lowest BCUT2D eigenvalue weighted by Crippen LogP contribution is -2.11. The lowest BCUT2D eigenvalue weighted by molar-refractivity contribution is 0.0602. The number of imidazole rings is 1. The summed E-state index contributed by atoms with van der Waals surface area (Å²) in [6.45, 7) is 4.74. The Morgan fingerprint density at radius 2 is 2.24 bits per heavy atom. The van der Waals surface area contributed by atoms with Crippen LogP contribution in [-0.4, -0.2) is 22.6 Å². The van der Waals surface area contributed by atoms with E-state index in [1.54, 1.807) is 30.7 Å². The average Bonchev–Trinajstić information content (AvgIpc) is 2.93. The molecule has 21 heavy (non-hydrogen) atoms. The smallest absolute Gasteiger partial charge is 0.340 e. The highest BCUT2D eigenvalue weighted by atomic mass is 35.5. The summed E-state index contributed by atoms with van der Waals surface area (Å²) in [5, 5.41) is 3.73. The maximum Gasteiger partial charge on any atom is 0.340 e. The molecule has 0 amide bonds. The molecule has 0 fully saturated rings. The summed E-state index contributed by atoms with van der Waals surface area (Å²) in [5.41, 5.74) is 2.14. The van der Waals surface area contributed by atoms with Gasteiger partial charge >= 0.3 is 5.97 Å². The van der Waals surface area contributed by atoms with Gasteiger partial charge in [-0.3, -0.25) is 0 Å². The number of methoxy groups -OCH3 is 1. The number of rotatable bonds is 5. The molecule has 1 N–H and O–H groups in total. The fraction of sp³-hybridized carbons (Fsp3) is 0.333. The van der Waals surface area contributed by atoms with Crippen molar-refractivity contribution in [3.63, 3.8) is 0 Å². The molecular weight excluding hydrogens is 290 g/mol. The van der Waals surface area contributed by atoms with Crippen molar-refractivity contribution in [3.8, 4) is 0 Å². The monoisotopic (exact) mass is 307 g/mol. The summed E-state index contributed by atoms with van der Waals surface area (Å²) in [7, 11) is 1.35. The zero-order valence-electron chi connectivity index (χ0n) is 12.3. The predicted molar refractivity (Wildman–Crippen MR) is 82.7 cm³/mol. The van der Waals surface area contributed by atoms with E-state index in [0.29, 0.717) is 28.9 Å². The van der Waals surface area contributed by atoms with Gasteiger partial charge in [0.05, 0.1) is 31.2 Å². The number of hydrogen-bond acceptors (Lipinski definition) is 4. The van der Waals surface area contributed by atoms with Crippen LogP contribution in [0, 0.1) is 0 Å². The van der Waals surface area contributed by atoms with E-state index in [9.17, 15) is 4.79 Å². The summed E-state index contributed by atoms with van der Waals surface area (Å²) in [5.74, 6) is -0.419. The molecule has 0 unspecified atom stereocenters. The van der Waals surface area contributed by atoms with Crippen molar-refractivity contribution in [3.05, 3.63) is 47.0 Å². The summed E-state index contributed by atoms with van der Waals surface area (Å²) in [6.07, 6.45) is 3.60. The Bertz CT molecular complexity index is 638. The Hall–Kier alpha value is -2.01. The number of esters is 1. The van der Waals surface area contributed by atoms with Crippen molar-refractivity contribution in [2.24, 2.45) is 0 Å². The molecular formula is C15H18ClN3O2. The number of anilines is 1. The number of aromatic nitrogens is 2. The maximum atomic E-state index is 11.8. The summed E-state index contributed by atoms with van der Waals surface area (Å²) >= 11 is 5.93.